The van der Waals surface area contributed by atoms with Crippen LogP contribution in [0.2, 0.25) is 0 Å². The number of nitrogens with one attached hydrogen (secondary N) is 2. The van der Waals surface area contributed by atoms with E-state index in [-0.39, 0.29) is 12.5 Å². The smallest absolute Gasteiger partial charge is 0.313 e. The maximum absolute atomic E-state index is 12.8. The lowest BCUT2D eigenvalue weighted by Crippen LogP contribution is -2.41. The summed E-state index contributed by atoms with van der Waals surface area (Å²) in [5.41, 5.74) is 4.49. The molecule has 0 radical (unpaired) electrons. The van der Waals surface area contributed by atoms with Gasteiger partial charge in [0.2, 0.25) is 5.91 Å². The zero-order valence-electron chi connectivity index (χ0n) is 21.0. The van der Waals surface area contributed by atoms with Crippen LogP contribution in [-0.2, 0) is 20.9 Å². The lowest BCUT2D eigenvalue weighted by atomic mass is 9.99. The van der Waals surface area contributed by atoms with Crippen LogP contribution in [0.1, 0.15) is 25.8 Å². The standard InChI is InChI=1S/C28H30N6O3/c1-3-32(4-2)25(35)18-34-15-11-20-16-21(7-8-24(20)34)31-27(36)28(37)33-13-9-19(10-14-33)23-17-30-26-22(23)6-5-12-29-26/h5-9,11-12,15-17H,3-4,10,13-14,18H2,1-2H3,(H,29,30)(H,31,36). The van der Waals surface area contributed by atoms with Crippen molar-refractivity contribution in [3.8, 4) is 0 Å². The highest BCUT2D eigenvalue weighted by Gasteiger charge is 2.25. The number of hydrogen-bond donors (Lipinski definition) is 2. The first-order chi connectivity index (χ1) is 18.0. The molecule has 0 atom stereocenters. The maximum Gasteiger partial charge on any atom is 0.313 e. The minimum Gasteiger partial charge on any atom is -0.346 e. The van der Waals surface area contributed by atoms with E-state index in [0.717, 1.165) is 33.1 Å². The number of carbonyl (C=O) groups is 3. The molecule has 1 aliphatic heterocycles. The average molecular weight is 499 g/mol. The first-order valence-corrected chi connectivity index (χ1v) is 12.6. The number of aromatic nitrogens is 3. The number of nitrogens with zero attached hydrogens (tertiary/aromatic N) is 4. The number of pyridine rings is 1. The Hall–Kier alpha value is -4.40. The maximum atomic E-state index is 12.8. The number of hydrogen-bond acceptors (Lipinski definition) is 4. The fraction of sp³-hybridized carbons (Fsp3) is 0.286. The molecular formula is C28H30N6O3. The third-order valence-corrected chi connectivity index (χ3v) is 6.94. The molecule has 3 amide bonds. The minimum atomic E-state index is -0.663. The third-order valence-electron chi connectivity index (χ3n) is 6.94. The van der Waals surface area contributed by atoms with Gasteiger partial charge in [-0.25, -0.2) is 4.98 Å². The molecule has 0 fully saturated rings. The van der Waals surface area contributed by atoms with Crippen LogP contribution >= 0.6 is 0 Å². The summed E-state index contributed by atoms with van der Waals surface area (Å²) in [6.07, 6.45) is 8.21. The fourth-order valence-corrected chi connectivity index (χ4v) is 4.89. The molecule has 1 aromatic carbocycles. The van der Waals surface area contributed by atoms with Crippen LogP contribution in [0.4, 0.5) is 5.69 Å². The molecular weight excluding hydrogens is 468 g/mol. The number of H-pyrrole nitrogens is 1. The van der Waals surface area contributed by atoms with E-state index in [2.05, 4.69) is 15.3 Å². The summed E-state index contributed by atoms with van der Waals surface area (Å²) in [6.45, 7) is 6.37. The van der Waals surface area contributed by atoms with Gasteiger partial charge in [0.05, 0.1) is 0 Å². The van der Waals surface area contributed by atoms with Crippen molar-refractivity contribution in [2.45, 2.75) is 26.8 Å². The van der Waals surface area contributed by atoms with Crippen molar-refractivity contribution in [3.63, 3.8) is 0 Å². The van der Waals surface area contributed by atoms with Crippen LogP contribution in [0.5, 0.6) is 0 Å². The van der Waals surface area contributed by atoms with Crippen LogP contribution in [0.3, 0.4) is 0 Å². The van der Waals surface area contributed by atoms with Crippen molar-refractivity contribution in [1.82, 2.24) is 24.3 Å². The predicted molar refractivity (Wildman–Crippen MR) is 144 cm³/mol. The molecule has 4 heterocycles. The van der Waals surface area contributed by atoms with E-state index < -0.39 is 11.8 Å². The van der Waals surface area contributed by atoms with Gasteiger partial charge >= 0.3 is 11.8 Å². The highest BCUT2D eigenvalue weighted by molar-refractivity contribution is 6.39. The molecule has 0 saturated heterocycles. The number of benzene rings is 1. The summed E-state index contributed by atoms with van der Waals surface area (Å²) in [5, 5.41) is 4.67. The zero-order chi connectivity index (χ0) is 25.9. The van der Waals surface area contributed by atoms with E-state index in [1.54, 1.807) is 22.1 Å². The van der Waals surface area contributed by atoms with Crippen molar-refractivity contribution in [1.29, 1.82) is 0 Å². The van der Waals surface area contributed by atoms with Gasteiger partial charge in [-0.3, -0.25) is 14.4 Å². The number of fused-ring (bicyclic) bond motifs is 2. The molecule has 4 aromatic rings. The lowest BCUT2D eigenvalue weighted by molar-refractivity contribution is -0.142. The summed E-state index contributed by atoms with van der Waals surface area (Å²) in [6, 6.07) is 11.3. The van der Waals surface area contributed by atoms with Crippen LogP contribution in [0.25, 0.3) is 27.5 Å². The highest BCUT2D eigenvalue weighted by Crippen LogP contribution is 2.28. The Morgan fingerprint density at radius 1 is 1.14 bits per heavy atom. The Kier molecular flexibility index (Phi) is 6.76. The summed E-state index contributed by atoms with van der Waals surface area (Å²) in [4.78, 5) is 48.9. The third kappa shape index (κ3) is 4.84. The molecule has 37 heavy (non-hydrogen) atoms. The van der Waals surface area contributed by atoms with Gasteiger partial charge in [-0.05, 0) is 62.2 Å². The minimum absolute atomic E-state index is 0.0607. The zero-order valence-corrected chi connectivity index (χ0v) is 21.0. The Balaban J connectivity index is 1.22. The topological polar surface area (TPSA) is 103 Å². The van der Waals surface area contributed by atoms with Gasteiger partial charge in [0.15, 0.2) is 0 Å². The number of carbonyl (C=O) groups excluding carboxylic acids is 3. The molecule has 0 saturated carbocycles. The number of amides is 3. The number of anilines is 1. The van der Waals surface area contributed by atoms with Crippen LogP contribution in [-0.4, -0.2) is 68.2 Å². The Morgan fingerprint density at radius 2 is 1.97 bits per heavy atom. The van der Waals surface area contributed by atoms with Gasteiger partial charge in [0.25, 0.3) is 0 Å². The van der Waals surface area contributed by atoms with Gasteiger partial charge in [0.1, 0.15) is 12.2 Å². The monoisotopic (exact) mass is 498 g/mol. The number of aromatic amines is 1. The quantitative estimate of drug-likeness (QED) is 0.396. The molecule has 0 unspecified atom stereocenters. The van der Waals surface area contributed by atoms with Gasteiger partial charge in [-0.1, -0.05) is 6.08 Å². The van der Waals surface area contributed by atoms with E-state index in [0.29, 0.717) is 38.3 Å². The van der Waals surface area contributed by atoms with Crippen molar-refractivity contribution in [2.75, 3.05) is 31.5 Å². The molecule has 190 valence electrons. The van der Waals surface area contributed by atoms with Crippen molar-refractivity contribution in [2.24, 2.45) is 0 Å². The second-order valence-electron chi connectivity index (χ2n) is 9.07. The van der Waals surface area contributed by atoms with E-state index in [1.165, 1.54) is 0 Å². The van der Waals surface area contributed by atoms with Crippen molar-refractivity contribution >= 4 is 50.9 Å². The Morgan fingerprint density at radius 3 is 2.73 bits per heavy atom. The molecule has 3 aromatic heterocycles. The van der Waals surface area contributed by atoms with Gasteiger partial charge in [-0.15, -0.1) is 0 Å². The number of likely N-dealkylation sites (N-methyl/N-ethyl adjacent to an activating group) is 1. The van der Waals surface area contributed by atoms with Gasteiger partial charge < -0.3 is 24.7 Å². The molecule has 2 N–H and O–H groups in total. The van der Waals surface area contributed by atoms with Crippen molar-refractivity contribution in [3.05, 3.63) is 66.6 Å². The summed E-state index contributed by atoms with van der Waals surface area (Å²) < 4.78 is 1.90. The summed E-state index contributed by atoms with van der Waals surface area (Å²) in [7, 11) is 0. The first-order valence-electron chi connectivity index (χ1n) is 12.6. The van der Waals surface area contributed by atoms with E-state index >= 15 is 0 Å². The molecule has 5 rings (SSSR count). The summed E-state index contributed by atoms with van der Waals surface area (Å²) in [5.74, 6) is -1.16. The molecule has 0 bridgehead atoms. The van der Waals surface area contributed by atoms with E-state index in [9.17, 15) is 14.4 Å². The molecule has 0 aliphatic carbocycles. The number of rotatable bonds is 6. The molecule has 9 heteroatoms. The van der Waals surface area contributed by atoms with E-state index in [1.807, 2.05) is 67.2 Å². The van der Waals surface area contributed by atoms with Gasteiger partial charge in [-0.2, -0.15) is 0 Å². The van der Waals surface area contributed by atoms with Crippen LogP contribution in [0, 0.1) is 0 Å². The largest absolute Gasteiger partial charge is 0.346 e. The average Bonchev–Trinajstić information content (AvgIpc) is 3.53. The lowest BCUT2D eigenvalue weighted by Gasteiger charge is -2.26. The second-order valence-corrected chi connectivity index (χ2v) is 9.07. The van der Waals surface area contributed by atoms with E-state index in [4.69, 9.17) is 0 Å². The van der Waals surface area contributed by atoms with Crippen LogP contribution < -0.4 is 5.32 Å². The van der Waals surface area contributed by atoms with Gasteiger partial charge in [0, 0.05) is 72.3 Å². The van der Waals surface area contributed by atoms with Crippen LogP contribution in [0.15, 0.2) is 61.1 Å². The molecule has 1 aliphatic rings. The summed E-state index contributed by atoms with van der Waals surface area (Å²) >= 11 is 0. The predicted octanol–water partition coefficient (Wildman–Crippen LogP) is 3.64. The normalized spacial score (nSPS) is 13.6. The second kappa shape index (κ2) is 10.3. The first kappa shape index (κ1) is 24.3. The SMILES string of the molecule is CCN(CC)C(=O)Cn1ccc2cc(NC(=O)C(=O)N3CC=C(c4c[nH]c5ncccc45)CC3)ccc21. The van der Waals surface area contributed by atoms with Crippen molar-refractivity contribution < 1.29 is 14.4 Å². The Labute approximate surface area is 214 Å². The molecule has 9 nitrogen and oxygen atoms in total. The Bertz CT molecular complexity index is 1510. The molecule has 0 spiro atoms. The fourth-order valence-electron chi connectivity index (χ4n) is 4.89. The highest BCUT2D eigenvalue weighted by atomic mass is 16.2.